The summed E-state index contributed by atoms with van der Waals surface area (Å²) in [6.07, 6.45) is -0.492. The lowest BCUT2D eigenvalue weighted by Gasteiger charge is -2.08. The van der Waals surface area contributed by atoms with Gasteiger partial charge in [-0.3, -0.25) is 5.32 Å². The second-order valence-corrected chi connectivity index (χ2v) is 2.64. The van der Waals surface area contributed by atoms with Gasteiger partial charge in [0.05, 0.1) is 7.11 Å². The van der Waals surface area contributed by atoms with Crippen molar-refractivity contribution in [1.29, 1.82) is 0 Å². The number of carbonyl (C=O) groups is 1. The highest BCUT2D eigenvalue weighted by Gasteiger charge is 2.04. The number of hydrogen-bond donors (Lipinski definition) is 2. The zero-order valence-corrected chi connectivity index (χ0v) is 7.63. The number of nitrogens with two attached hydrogens (primary N) is 1. The maximum Gasteiger partial charge on any atom is 0.411 e. The molecule has 4 heteroatoms. The van der Waals surface area contributed by atoms with Gasteiger partial charge < -0.3 is 10.5 Å². The molecule has 0 radical (unpaired) electrons. The maximum atomic E-state index is 10.9. The van der Waals surface area contributed by atoms with Crippen LogP contribution in [0.1, 0.15) is 5.56 Å². The zero-order chi connectivity index (χ0) is 9.84. The molecule has 0 aliphatic rings. The van der Waals surface area contributed by atoms with E-state index in [1.807, 2.05) is 6.92 Å². The van der Waals surface area contributed by atoms with E-state index in [0.717, 1.165) is 5.56 Å². The third kappa shape index (κ3) is 2.11. The Morgan fingerprint density at radius 3 is 2.85 bits per heavy atom. The molecule has 1 aromatic carbocycles. The van der Waals surface area contributed by atoms with Gasteiger partial charge in [0.25, 0.3) is 0 Å². The van der Waals surface area contributed by atoms with Crippen LogP contribution in [-0.4, -0.2) is 13.2 Å². The number of nitrogen functional groups attached to an aromatic ring is 1. The Kier molecular flexibility index (Phi) is 2.74. The summed E-state index contributed by atoms with van der Waals surface area (Å²) >= 11 is 0. The van der Waals surface area contributed by atoms with Crippen molar-refractivity contribution < 1.29 is 9.53 Å². The van der Waals surface area contributed by atoms with Gasteiger partial charge in [0.15, 0.2) is 0 Å². The van der Waals surface area contributed by atoms with Crippen LogP contribution in [0.15, 0.2) is 18.2 Å². The van der Waals surface area contributed by atoms with Gasteiger partial charge in [0, 0.05) is 11.4 Å². The third-order valence-electron chi connectivity index (χ3n) is 1.80. The minimum absolute atomic E-state index is 0.492. The summed E-state index contributed by atoms with van der Waals surface area (Å²) in [5.41, 5.74) is 7.81. The van der Waals surface area contributed by atoms with Crippen LogP contribution in [0.25, 0.3) is 0 Å². The number of nitrogens with one attached hydrogen (secondary N) is 1. The van der Waals surface area contributed by atoms with Crippen molar-refractivity contribution in [3.63, 3.8) is 0 Å². The highest BCUT2D eigenvalue weighted by molar-refractivity contribution is 5.86. The van der Waals surface area contributed by atoms with Crippen LogP contribution in [0, 0.1) is 6.92 Å². The summed E-state index contributed by atoms with van der Waals surface area (Å²) in [4.78, 5) is 10.9. The number of benzene rings is 1. The fraction of sp³-hybridized carbons (Fsp3) is 0.222. The number of methoxy groups -OCH3 is 1. The Bertz CT molecular complexity index is 323. The van der Waals surface area contributed by atoms with Crippen LogP contribution in [-0.2, 0) is 4.74 Å². The molecule has 1 rings (SSSR count). The predicted molar refractivity (Wildman–Crippen MR) is 51.6 cm³/mol. The van der Waals surface area contributed by atoms with Crippen molar-refractivity contribution in [2.75, 3.05) is 18.2 Å². The normalized spacial score (nSPS) is 9.38. The van der Waals surface area contributed by atoms with Gasteiger partial charge in [-0.05, 0) is 24.6 Å². The van der Waals surface area contributed by atoms with Crippen molar-refractivity contribution in [2.45, 2.75) is 6.92 Å². The SMILES string of the molecule is COC(=O)Nc1cccc(N)c1C. The molecule has 70 valence electrons. The summed E-state index contributed by atoms with van der Waals surface area (Å²) in [5, 5.41) is 2.56. The summed E-state index contributed by atoms with van der Waals surface area (Å²) < 4.78 is 4.46. The first-order chi connectivity index (χ1) is 6.15. The number of amides is 1. The molecule has 0 aliphatic heterocycles. The lowest BCUT2D eigenvalue weighted by molar-refractivity contribution is 0.187. The summed E-state index contributed by atoms with van der Waals surface area (Å²) in [5.74, 6) is 0. The second-order valence-electron chi connectivity index (χ2n) is 2.64. The highest BCUT2D eigenvalue weighted by Crippen LogP contribution is 2.20. The molecule has 4 nitrogen and oxygen atoms in total. The van der Waals surface area contributed by atoms with E-state index >= 15 is 0 Å². The minimum Gasteiger partial charge on any atom is -0.453 e. The zero-order valence-electron chi connectivity index (χ0n) is 7.63. The number of carbonyl (C=O) groups excluding carboxylic acids is 1. The standard InChI is InChI=1S/C9H12N2O2/c1-6-7(10)4-3-5-8(6)11-9(12)13-2/h3-5H,10H2,1-2H3,(H,11,12). The maximum absolute atomic E-state index is 10.9. The molecule has 0 bridgehead atoms. The molecule has 0 atom stereocenters. The highest BCUT2D eigenvalue weighted by atomic mass is 16.5. The molecule has 0 spiro atoms. The van der Waals surface area contributed by atoms with E-state index < -0.39 is 6.09 Å². The first-order valence-corrected chi connectivity index (χ1v) is 3.85. The molecule has 0 heterocycles. The lowest BCUT2D eigenvalue weighted by Crippen LogP contribution is -2.12. The quantitative estimate of drug-likeness (QED) is 0.647. The number of hydrogen-bond acceptors (Lipinski definition) is 3. The van der Waals surface area contributed by atoms with E-state index in [-0.39, 0.29) is 0 Å². The van der Waals surface area contributed by atoms with Crippen molar-refractivity contribution in [1.82, 2.24) is 0 Å². The topological polar surface area (TPSA) is 64.3 Å². The van der Waals surface area contributed by atoms with Crippen molar-refractivity contribution in [3.8, 4) is 0 Å². The van der Waals surface area contributed by atoms with Crippen LogP contribution in [0.5, 0.6) is 0 Å². The number of rotatable bonds is 1. The van der Waals surface area contributed by atoms with Crippen molar-refractivity contribution >= 4 is 17.5 Å². The monoisotopic (exact) mass is 180 g/mol. The average Bonchev–Trinajstić information content (AvgIpc) is 2.13. The van der Waals surface area contributed by atoms with Crippen LogP contribution in [0.2, 0.25) is 0 Å². The molecular formula is C9H12N2O2. The molecule has 0 saturated heterocycles. The number of ether oxygens (including phenoxy) is 1. The van der Waals surface area contributed by atoms with E-state index in [4.69, 9.17) is 5.73 Å². The summed E-state index contributed by atoms with van der Waals surface area (Å²) in [7, 11) is 1.32. The first kappa shape index (κ1) is 9.38. The summed E-state index contributed by atoms with van der Waals surface area (Å²) in [6.45, 7) is 1.83. The molecule has 3 N–H and O–H groups in total. The predicted octanol–water partition coefficient (Wildman–Crippen LogP) is 1.76. The van der Waals surface area contributed by atoms with Gasteiger partial charge in [-0.1, -0.05) is 6.07 Å². The fourth-order valence-corrected chi connectivity index (χ4v) is 0.950. The molecule has 0 aliphatic carbocycles. The average molecular weight is 180 g/mol. The molecule has 13 heavy (non-hydrogen) atoms. The lowest BCUT2D eigenvalue weighted by atomic mass is 10.1. The van der Waals surface area contributed by atoms with Crippen molar-refractivity contribution in [2.24, 2.45) is 0 Å². The van der Waals surface area contributed by atoms with E-state index in [2.05, 4.69) is 10.1 Å². The van der Waals surface area contributed by atoms with Crippen LogP contribution < -0.4 is 11.1 Å². The van der Waals surface area contributed by atoms with Gasteiger partial charge in [-0.2, -0.15) is 0 Å². The molecule has 1 amide bonds. The molecular weight excluding hydrogens is 168 g/mol. The van der Waals surface area contributed by atoms with Gasteiger partial charge in [0.2, 0.25) is 0 Å². The summed E-state index contributed by atoms with van der Waals surface area (Å²) in [6, 6.07) is 5.31. The Morgan fingerprint density at radius 2 is 2.23 bits per heavy atom. The van der Waals surface area contributed by atoms with Crippen LogP contribution in [0.3, 0.4) is 0 Å². The Morgan fingerprint density at radius 1 is 1.54 bits per heavy atom. The van der Waals surface area contributed by atoms with Gasteiger partial charge in [0.1, 0.15) is 0 Å². The second kappa shape index (κ2) is 3.80. The van der Waals surface area contributed by atoms with E-state index in [0.29, 0.717) is 11.4 Å². The van der Waals surface area contributed by atoms with E-state index in [9.17, 15) is 4.79 Å². The van der Waals surface area contributed by atoms with Gasteiger partial charge in [-0.15, -0.1) is 0 Å². The molecule has 0 aromatic heterocycles. The number of anilines is 2. The van der Waals surface area contributed by atoms with Crippen LogP contribution >= 0.6 is 0 Å². The molecule has 1 aromatic rings. The molecule has 0 saturated carbocycles. The third-order valence-corrected chi connectivity index (χ3v) is 1.80. The van der Waals surface area contributed by atoms with Gasteiger partial charge in [-0.25, -0.2) is 4.79 Å². The van der Waals surface area contributed by atoms with E-state index in [1.165, 1.54) is 7.11 Å². The Labute approximate surface area is 76.7 Å². The Hall–Kier alpha value is -1.71. The molecule has 0 fully saturated rings. The Balaban J connectivity index is 2.89. The van der Waals surface area contributed by atoms with Gasteiger partial charge >= 0.3 is 6.09 Å². The largest absolute Gasteiger partial charge is 0.453 e. The smallest absolute Gasteiger partial charge is 0.411 e. The van der Waals surface area contributed by atoms with E-state index in [1.54, 1.807) is 18.2 Å². The van der Waals surface area contributed by atoms with Crippen LogP contribution in [0.4, 0.5) is 16.2 Å². The molecule has 0 unspecified atom stereocenters. The first-order valence-electron chi connectivity index (χ1n) is 3.85. The minimum atomic E-state index is -0.492. The van der Waals surface area contributed by atoms with Crippen molar-refractivity contribution in [3.05, 3.63) is 23.8 Å². The fourth-order valence-electron chi connectivity index (χ4n) is 0.950.